The van der Waals surface area contributed by atoms with Crippen molar-refractivity contribution in [2.75, 3.05) is 40.9 Å². The van der Waals surface area contributed by atoms with Gasteiger partial charge in [0.1, 0.15) is 19.3 Å². The highest BCUT2D eigenvalue weighted by Gasteiger charge is 2.27. The minimum atomic E-state index is -4.70. The van der Waals surface area contributed by atoms with Crippen molar-refractivity contribution in [3.05, 3.63) is 48.6 Å². The molecule has 0 spiro atoms. The van der Waals surface area contributed by atoms with Crippen molar-refractivity contribution in [2.45, 2.75) is 335 Å². The Morgan fingerprint density at radius 1 is 0.449 bits per heavy atom. The van der Waals surface area contributed by atoms with E-state index in [9.17, 15) is 19.0 Å². The molecule has 458 valence electrons. The predicted molar refractivity (Wildman–Crippen MR) is 335 cm³/mol. The van der Waals surface area contributed by atoms with Gasteiger partial charge in [-0.25, -0.2) is 0 Å². The molecule has 0 radical (unpaired) electrons. The number of carbonyl (C=O) groups is 2. The van der Waals surface area contributed by atoms with E-state index in [1.165, 1.54) is 218 Å². The van der Waals surface area contributed by atoms with Gasteiger partial charge in [0.2, 0.25) is 5.91 Å². The van der Waals surface area contributed by atoms with Gasteiger partial charge in [0, 0.05) is 12.8 Å². The van der Waals surface area contributed by atoms with Crippen LogP contribution >= 0.6 is 7.82 Å². The first-order valence-corrected chi connectivity index (χ1v) is 34.9. The van der Waals surface area contributed by atoms with Crippen LogP contribution in [0.1, 0.15) is 323 Å². The number of unbranched alkanes of at least 4 members (excludes halogenated alkanes) is 40. The summed E-state index contributed by atoms with van der Waals surface area (Å²) in [5.41, 5.74) is 0. The second-order valence-corrected chi connectivity index (χ2v) is 25.4. The molecular formula is C68H129N2O7P. The number of nitrogens with one attached hydrogen (secondary N) is 1. The normalized spacial score (nSPS) is 13.9. The summed E-state index contributed by atoms with van der Waals surface area (Å²) in [5, 5.41) is 3.02. The zero-order valence-electron chi connectivity index (χ0n) is 52.4. The molecule has 0 saturated carbocycles. The molecule has 1 amide bonds. The van der Waals surface area contributed by atoms with E-state index >= 15 is 0 Å². The largest absolute Gasteiger partial charge is 0.756 e. The van der Waals surface area contributed by atoms with E-state index in [2.05, 4.69) is 62.5 Å². The maximum atomic E-state index is 13.5. The highest BCUT2D eigenvalue weighted by Crippen LogP contribution is 2.38. The fourth-order valence-corrected chi connectivity index (χ4v) is 10.5. The maximum absolute atomic E-state index is 13.5. The van der Waals surface area contributed by atoms with Crippen LogP contribution in [0.15, 0.2) is 48.6 Å². The number of nitrogens with zero attached hydrogens (tertiary/aromatic N) is 1. The zero-order valence-corrected chi connectivity index (χ0v) is 53.3. The second-order valence-electron chi connectivity index (χ2n) is 24.0. The van der Waals surface area contributed by atoms with Crippen LogP contribution in [0.25, 0.3) is 0 Å². The number of phosphoric acid groups is 1. The number of allylic oxidation sites excluding steroid dienone is 7. The first kappa shape index (κ1) is 76.0. The lowest BCUT2D eigenvalue weighted by Gasteiger charge is -2.30. The number of ether oxygens (including phenoxy) is 1. The van der Waals surface area contributed by atoms with Gasteiger partial charge in [-0.2, -0.15) is 0 Å². The van der Waals surface area contributed by atoms with Crippen molar-refractivity contribution < 1.29 is 37.3 Å². The summed E-state index contributed by atoms with van der Waals surface area (Å²) in [6, 6.07) is -0.900. The third kappa shape index (κ3) is 58.6. The molecule has 0 aromatic carbocycles. The molecule has 0 aromatic rings. The van der Waals surface area contributed by atoms with Crippen molar-refractivity contribution in [1.29, 1.82) is 0 Å². The number of likely N-dealkylation sites (N-methyl/N-ethyl adjacent to an activating group) is 1. The molecule has 0 fully saturated rings. The van der Waals surface area contributed by atoms with E-state index in [-0.39, 0.29) is 31.3 Å². The first-order chi connectivity index (χ1) is 37.9. The number of carbonyl (C=O) groups excluding carboxylic acids is 2. The van der Waals surface area contributed by atoms with Gasteiger partial charge >= 0.3 is 5.97 Å². The molecule has 0 aliphatic carbocycles. The van der Waals surface area contributed by atoms with E-state index in [1.807, 2.05) is 33.3 Å². The van der Waals surface area contributed by atoms with Crippen molar-refractivity contribution in [3.63, 3.8) is 0 Å². The summed E-state index contributed by atoms with van der Waals surface area (Å²) in [5.74, 6) is -0.561. The molecular weight excluding hydrogens is 988 g/mol. The predicted octanol–water partition coefficient (Wildman–Crippen LogP) is 20.2. The molecule has 3 unspecified atom stereocenters. The molecule has 1 N–H and O–H groups in total. The lowest BCUT2D eigenvalue weighted by Crippen LogP contribution is -2.47. The monoisotopic (exact) mass is 1120 g/mol. The number of hydrogen-bond acceptors (Lipinski definition) is 7. The molecule has 0 saturated heterocycles. The van der Waals surface area contributed by atoms with Crippen LogP contribution < -0.4 is 10.2 Å². The van der Waals surface area contributed by atoms with Gasteiger partial charge in [-0.3, -0.25) is 14.2 Å². The van der Waals surface area contributed by atoms with E-state index in [4.69, 9.17) is 13.8 Å². The lowest BCUT2D eigenvalue weighted by atomic mass is 10.0. The van der Waals surface area contributed by atoms with Crippen molar-refractivity contribution >= 4 is 19.7 Å². The van der Waals surface area contributed by atoms with Gasteiger partial charge in [0.05, 0.1) is 33.8 Å². The van der Waals surface area contributed by atoms with Gasteiger partial charge in [0.15, 0.2) is 0 Å². The highest BCUT2D eigenvalue weighted by molar-refractivity contribution is 7.45. The Kier molecular flexibility index (Phi) is 56.7. The molecule has 0 heterocycles. The van der Waals surface area contributed by atoms with Gasteiger partial charge in [-0.1, -0.05) is 275 Å². The summed E-state index contributed by atoms with van der Waals surface area (Å²) in [4.78, 5) is 40.0. The Hall–Kier alpha value is -2.03. The van der Waals surface area contributed by atoms with Crippen molar-refractivity contribution in [1.82, 2.24) is 5.32 Å². The third-order valence-electron chi connectivity index (χ3n) is 15.0. The Bertz CT molecular complexity index is 1470. The lowest BCUT2D eigenvalue weighted by molar-refractivity contribution is -0.870. The fraction of sp³-hybridized carbons (Fsp3) is 0.853. The van der Waals surface area contributed by atoms with E-state index in [0.717, 1.165) is 64.2 Å². The van der Waals surface area contributed by atoms with Crippen LogP contribution in [-0.4, -0.2) is 69.4 Å². The van der Waals surface area contributed by atoms with Crippen LogP contribution in [0.3, 0.4) is 0 Å². The molecule has 0 aliphatic heterocycles. The number of quaternary nitrogens is 1. The van der Waals surface area contributed by atoms with Crippen LogP contribution in [0.5, 0.6) is 0 Å². The quantitative estimate of drug-likeness (QED) is 0.0161. The average Bonchev–Trinajstić information content (AvgIpc) is 3.41. The molecule has 0 rings (SSSR count). The topological polar surface area (TPSA) is 114 Å². The summed E-state index contributed by atoms with van der Waals surface area (Å²) in [6.45, 7) is 6.84. The molecule has 0 bridgehead atoms. The molecule has 78 heavy (non-hydrogen) atoms. The van der Waals surface area contributed by atoms with Crippen molar-refractivity contribution in [3.8, 4) is 0 Å². The summed E-state index contributed by atoms with van der Waals surface area (Å²) < 4.78 is 30.3. The molecule has 10 heteroatoms. The van der Waals surface area contributed by atoms with Crippen LogP contribution in [0, 0.1) is 0 Å². The van der Waals surface area contributed by atoms with Crippen LogP contribution in [0.2, 0.25) is 0 Å². The molecule has 9 nitrogen and oxygen atoms in total. The average molecular weight is 1120 g/mol. The SMILES string of the molecule is CCCCCCCC/C=C/CCCCCCCCCCCCCCCCCC(=O)OC(/C=C\CCCCCCCCCCC)C(COP(=O)([O-])OCC[N+](C)(C)C)NC(=O)CCCCC/C=C/C=C/CCCCCCCCC. The first-order valence-electron chi connectivity index (χ1n) is 33.5. The van der Waals surface area contributed by atoms with Gasteiger partial charge in [0.25, 0.3) is 7.82 Å². The standard InChI is InChI=1S/C68H129N2O7P/c1-7-10-13-16-19-22-25-27-29-31-32-33-34-35-36-37-38-39-41-43-46-49-52-55-58-61-68(72)77-66(59-56-53-50-47-44-24-21-18-15-12-9-3)65(64-76-78(73,74)75-63-62-70(4,5)6)69-67(71)60-57-54-51-48-45-42-40-30-28-26-23-20-17-14-11-8-2/h27,29-30,40,42,45,56,59,65-66H,7-26,28,31-39,41,43-44,46-55,57-58,60-64H2,1-6H3,(H-,69,71,73,74)/b29-27+,40-30+,45-42+,59-56-. The number of rotatable bonds is 61. The van der Waals surface area contributed by atoms with Gasteiger partial charge in [-0.05, 0) is 83.1 Å². The minimum Gasteiger partial charge on any atom is -0.756 e. The van der Waals surface area contributed by atoms with Crippen molar-refractivity contribution in [2.24, 2.45) is 0 Å². The Morgan fingerprint density at radius 3 is 1.18 bits per heavy atom. The highest BCUT2D eigenvalue weighted by atomic mass is 31.2. The zero-order chi connectivity index (χ0) is 57.2. The maximum Gasteiger partial charge on any atom is 0.306 e. The van der Waals surface area contributed by atoms with Gasteiger partial charge in [-0.15, -0.1) is 0 Å². The summed E-state index contributed by atoms with van der Waals surface area (Å²) in [7, 11) is 1.18. The Labute approximate surface area is 484 Å². The van der Waals surface area contributed by atoms with E-state index in [0.29, 0.717) is 17.4 Å². The summed E-state index contributed by atoms with van der Waals surface area (Å²) in [6.07, 6.45) is 72.4. The van der Waals surface area contributed by atoms with Crippen LogP contribution in [-0.2, 0) is 27.9 Å². The number of phosphoric ester groups is 1. The molecule has 0 aliphatic rings. The van der Waals surface area contributed by atoms with E-state index in [1.54, 1.807) is 0 Å². The number of amides is 1. The molecule has 3 atom stereocenters. The number of hydrogen-bond donors (Lipinski definition) is 1. The Balaban J connectivity index is 5.07. The second kappa shape index (κ2) is 58.2. The van der Waals surface area contributed by atoms with Gasteiger partial charge < -0.3 is 28.5 Å². The minimum absolute atomic E-state index is 0.0264. The molecule has 0 aromatic heterocycles. The smallest absolute Gasteiger partial charge is 0.306 e. The summed E-state index contributed by atoms with van der Waals surface area (Å²) >= 11 is 0. The number of esters is 1. The third-order valence-corrected chi connectivity index (χ3v) is 16.0. The fourth-order valence-electron chi connectivity index (χ4n) is 9.80. The van der Waals surface area contributed by atoms with E-state index < -0.39 is 26.6 Å². The Morgan fingerprint density at radius 2 is 0.782 bits per heavy atom. The van der Waals surface area contributed by atoms with Crippen LogP contribution in [0.4, 0.5) is 0 Å².